The van der Waals surface area contributed by atoms with Crippen LogP contribution in [0.15, 0.2) is 12.7 Å². The van der Waals surface area contributed by atoms with Gasteiger partial charge in [-0.1, -0.05) is 25.8 Å². The Morgan fingerprint density at radius 1 is 1.62 bits per heavy atom. The summed E-state index contributed by atoms with van der Waals surface area (Å²) in [6.07, 6.45) is 3.68. The Labute approximate surface area is 79.1 Å². The van der Waals surface area contributed by atoms with Crippen LogP contribution in [0, 0.1) is 5.92 Å². The predicted molar refractivity (Wildman–Crippen MR) is 51.5 cm³/mol. The van der Waals surface area contributed by atoms with Crippen LogP contribution < -0.4 is 0 Å². The molecule has 0 bridgehead atoms. The molecule has 0 saturated heterocycles. The van der Waals surface area contributed by atoms with E-state index >= 15 is 0 Å². The van der Waals surface area contributed by atoms with Crippen LogP contribution in [0.25, 0.3) is 0 Å². The van der Waals surface area contributed by atoms with Crippen LogP contribution in [0.4, 0.5) is 0 Å². The van der Waals surface area contributed by atoms with Crippen molar-refractivity contribution in [1.82, 2.24) is 0 Å². The molecule has 0 aromatic carbocycles. The van der Waals surface area contributed by atoms with E-state index in [4.69, 9.17) is 5.11 Å². The summed E-state index contributed by atoms with van der Waals surface area (Å²) in [5.74, 6) is -1.32. The van der Waals surface area contributed by atoms with Crippen LogP contribution in [-0.4, -0.2) is 22.3 Å². The molecular formula is C10H18O3. The molecule has 0 rings (SSSR count). The maximum Gasteiger partial charge on any atom is 0.332 e. The smallest absolute Gasteiger partial charge is 0.332 e. The monoisotopic (exact) mass is 186 g/mol. The summed E-state index contributed by atoms with van der Waals surface area (Å²) in [4.78, 5) is 10.5. The Balaban J connectivity index is 4.05. The minimum Gasteiger partial charge on any atom is -0.479 e. The molecule has 0 aliphatic heterocycles. The van der Waals surface area contributed by atoms with Gasteiger partial charge < -0.3 is 10.2 Å². The van der Waals surface area contributed by atoms with Gasteiger partial charge >= 0.3 is 5.97 Å². The third-order valence-corrected chi connectivity index (χ3v) is 2.10. The molecule has 3 nitrogen and oxygen atoms in total. The molecule has 0 spiro atoms. The van der Waals surface area contributed by atoms with E-state index in [9.17, 15) is 9.90 Å². The highest BCUT2D eigenvalue weighted by Gasteiger charge is 2.23. The second-order valence-electron chi connectivity index (χ2n) is 3.21. The average Bonchev–Trinajstić information content (AvgIpc) is 2.11. The summed E-state index contributed by atoms with van der Waals surface area (Å²) in [5, 5.41) is 17.9. The van der Waals surface area contributed by atoms with E-state index in [1.165, 1.54) is 0 Å². The maximum absolute atomic E-state index is 10.5. The zero-order chi connectivity index (χ0) is 10.3. The Morgan fingerprint density at radius 2 is 2.23 bits per heavy atom. The van der Waals surface area contributed by atoms with E-state index in [1.54, 1.807) is 6.08 Å². The molecule has 0 aromatic heterocycles. The van der Waals surface area contributed by atoms with Crippen LogP contribution >= 0.6 is 0 Å². The van der Waals surface area contributed by atoms with Crippen LogP contribution in [0.1, 0.15) is 32.6 Å². The van der Waals surface area contributed by atoms with Gasteiger partial charge in [0.25, 0.3) is 0 Å². The van der Waals surface area contributed by atoms with Gasteiger partial charge in [-0.25, -0.2) is 4.79 Å². The van der Waals surface area contributed by atoms with E-state index < -0.39 is 12.1 Å². The van der Waals surface area contributed by atoms with Gasteiger partial charge in [0.2, 0.25) is 0 Å². The van der Waals surface area contributed by atoms with Crippen LogP contribution in [0.2, 0.25) is 0 Å². The van der Waals surface area contributed by atoms with E-state index in [2.05, 4.69) is 6.58 Å². The lowest BCUT2D eigenvalue weighted by Gasteiger charge is -2.17. The summed E-state index contributed by atoms with van der Waals surface area (Å²) >= 11 is 0. The highest BCUT2D eigenvalue weighted by atomic mass is 16.4. The molecule has 0 amide bonds. The lowest BCUT2D eigenvalue weighted by Crippen LogP contribution is -2.28. The van der Waals surface area contributed by atoms with Gasteiger partial charge in [-0.15, -0.1) is 6.58 Å². The number of aliphatic hydroxyl groups is 1. The highest BCUT2D eigenvalue weighted by molar-refractivity contribution is 5.72. The van der Waals surface area contributed by atoms with Crippen molar-refractivity contribution in [1.29, 1.82) is 0 Å². The van der Waals surface area contributed by atoms with Gasteiger partial charge in [-0.2, -0.15) is 0 Å². The van der Waals surface area contributed by atoms with Crippen molar-refractivity contribution in [2.24, 2.45) is 5.92 Å². The Kier molecular flexibility index (Phi) is 6.24. The summed E-state index contributed by atoms with van der Waals surface area (Å²) < 4.78 is 0. The molecular weight excluding hydrogens is 168 g/mol. The molecule has 0 saturated carbocycles. The zero-order valence-corrected chi connectivity index (χ0v) is 8.07. The average molecular weight is 186 g/mol. The first-order chi connectivity index (χ1) is 6.13. The number of unbranched alkanes of at least 4 members (excludes halogenated alkanes) is 1. The zero-order valence-electron chi connectivity index (χ0n) is 8.07. The fourth-order valence-corrected chi connectivity index (χ4v) is 1.29. The normalized spacial score (nSPS) is 14.9. The lowest BCUT2D eigenvalue weighted by molar-refractivity contribution is -0.149. The lowest BCUT2D eigenvalue weighted by atomic mass is 9.93. The van der Waals surface area contributed by atoms with Crippen molar-refractivity contribution in [3.63, 3.8) is 0 Å². The first-order valence-corrected chi connectivity index (χ1v) is 4.65. The van der Waals surface area contributed by atoms with Crippen molar-refractivity contribution in [3.8, 4) is 0 Å². The predicted octanol–water partition coefficient (Wildman–Crippen LogP) is 1.81. The van der Waals surface area contributed by atoms with Gasteiger partial charge in [0.1, 0.15) is 0 Å². The van der Waals surface area contributed by atoms with Crippen molar-refractivity contribution in [2.75, 3.05) is 0 Å². The number of carbonyl (C=O) groups is 1. The molecule has 13 heavy (non-hydrogen) atoms. The molecule has 0 fully saturated rings. The molecule has 0 aliphatic carbocycles. The van der Waals surface area contributed by atoms with Crippen LogP contribution in [0.5, 0.6) is 0 Å². The summed E-state index contributed by atoms with van der Waals surface area (Å²) in [7, 11) is 0. The number of aliphatic carboxylic acids is 1. The molecule has 0 radical (unpaired) electrons. The number of carboxylic acid groups (broad SMARTS) is 1. The minimum absolute atomic E-state index is 0.185. The Bertz CT molecular complexity index is 166. The quantitative estimate of drug-likeness (QED) is 0.596. The van der Waals surface area contributed by atoms with E-state index in [0.29, 0.717) is 6.42 Å². The SMILES string of the molecule is C=CCC(CCCC)C(O)C(=O)O. The first kappa shape index (κ1) is 12.2. The molecule has 0 aliphatic rings. The molecule has 2 N–H and O–H groups in total. The molecule has 2 unspecified atom stereocenters. The van der Waals surface area contributed by atoms with E-state index in [1.807, 2.05) is 6.92 Å². The maximum atomic E-state index is 10.5. The Hall–Kier alpha value is -0.830. The standard InChI is InChI=1S/C10H18O3/c1-3-5-7-8(6-4-2)9(11)10(12)13/h4,8-9,11H,2-3,5-7H2,1H3,(H,12,13). The van der Waals surface area contributed by atoms with Gasteiger partial charge in [0.15, 0.2) is 6.10 Å². The topological polar surface area (TPSA) is 57.5 Å². The Morgan fingerprint density at radius 3 is 2.62 bits per heavy atom. The number of carboxylic acids is 1. The molecule has 3 heteroatoms. The third kappa shape index (κ3) is 4.68. The van der Waals surface area contributed by atoms with Crippen molar-refractivity contribution < 1.29 is 15.0 Å². The minimum atomic E-state index is -1.25. The third-order valence-electron chi connectivity index (χ3n) is 2.10. The van der Waals surface area contributed by atoms with Crippen molar-refractivity contribution >= 4 is 5.97 Å². The highest BCUT2D eigenvalue weighted by Crippen LogP contribution is 2.17. The molecule has 76 valence electrons. The second kappa shape index (κ2) is 6.66. The first-order valence-electron chi connectivity index (χ1n) is 4.65. The van der Waals surface area contributed by atoms with Gasteiger partial charge in [-0.3, -0.25) is 0 Å². The second-order valence-corrected chi connectivity index (χ2v) is 3.21. The van der Waals surface area contributed by atoms with Crippen LogP contribution in [-0.2, 0) is 4.79 Å². The largest absolute Gasteiger partial charge is 0.479 e. The number of hydrogen-bond acceptors (Lipinski definition) is 2. The van der Waals surface area contributed by atoms with Gasteiger partial charge in [0, 0.05) is 0 Å². The summed E-state index contributed by atoms with van der Waals surface area (Å²) in [5.41, 5.74) is 0. The number of rotatable bonds is 7. The van der Waals surface area contributed by atoms with Gasteiger partial charge in [-0.05, 0) is 18.8 Å². The molecule has 0 aromatic rings. The van der Waals surface area contributed by atoms with Gasteiger partial charge in [0.05, 0.1) is 0 Å². The fourth-order valence-electron chi connectivity index (χ4n) is 1.29. The summed E-state index contributed by atoms with van der Waals surface area (Å²) in [6.45, 7) is 5.59. The van der Waals surface area contributed by atoms with E-state index in [-0.39, 0.29) is 5.92 Å². The van der Waals surface area contributed by atoms with E-state index in [0.717, 1.165) is 19.3 Å². The van der Waals surface area contributed by atoms with Crippen molar-refractivity contribution in [2.45, 2.75) is 38.7 Å². The fraction of sp³-hybridized carbons (Fsp3) is 0.700. The number of allylic oxidation sites excluding steroid dienone is 1. The molecule has 2 atom stereocenters. The number of aliphatic hydroxyl groups excluding tert-OH is 1. The number of hydrogen-bond donors (Lipinski definition) is 2. The summed E-state index contributed by atoms with van der Waals surface area (Å²) in [6, 6.07) is 0. The molecule has 0 heterocycles. The van der Waals surface area contributed by atoms with Crippen LogP contribution in [0.3, 0.4) is 0 Å². The van der Waals surface area contributed by atoms with Crippen molar-refractivity contribution in [3.05, 3.63) is 12.7 Å².